The third kappa shape index (κ3) is 4.64. The summed E-state index contributed by atoms with van der Waals surface area (Å²) in [4.78, 5) is 0. The molecule has 2 N–H and O–H groups in total. The van der Waals surface area contributed by atoms with Crippen LogP contribution in [-0.2, 0) is 0 Å². The van der Waals surface area contributed by atoms with E-state index in [9.17, 15) is 5.11 Å². The summed E-state index contributed by atoms with van der Waals surface area (Å²) in [6.07, 6.45) is 8.88. The molecule has 0 aromatic carbocycles. The summed E-state index contributed by atoms with van der Waals surface area (Å²) in [6, 6.07) is 0. The Labute approximate surface area is 105 Å². The van der Waals surface area contributed by atoms with Crippen LogP contribution in [0.3, 0.4) is 0 Å². The van der Waals surface area contributed by atoms with Gasteiger partial charge in [-0.05, 0) is 64.4 Å². The van der Waals surface area contributed by atoms with Crippen LogP contribution in [0.4, 0.5) is 0 Å². The van der Waals surface area contributed by atoms with E-state index in [2.05, 4.69) is 26.0 Å². The Balaban J connectivity index is 2.48. The van der Waals surface area contributed by atoms with E-state index in [1.807, 2.05) is 6.92 Å². The maximum atomic E-state index is 10.5. The summed E-state index contributed by atoms with van der Waals surface area (Å²) in [6.45, 7) is 6.30. The van der Waals surface area contributed by atoms with Crippen molar-refractivity contribution in [2.24, 2.45) is 5.92 Å². The molecule has 0 heterocycles. The van der Waals surface area contributed by atoms with Crippen LogP contribution < -0.4 is 0 Å². The number of rotatable bonds is 5. The SMILES string of the molecule is CC(C)=CCCC(C)(O)[C@H]1CC=C(CO)CC1. The van der Waals surface area contributed by atoms with Gasteiger partial charge < -0.3 is 10.2 Å². The van der Waals surface area contributed by atoms with Crippen molar-refractivity contribution >= 4 is 0 Å². The maximum Gasteiger partial charge on any atom is 0.0653 e. The van der Waals surface area contributed by atoms with Crippen LogP contribution in [0, 0.1) is 5.92 Å². The first-order chi connectivity index (χ1) is 7.95. The van der Waals surface area contributed by atoms with Gasteiger partial charge in [-0.15, -0.1) is 0 Å². The summed E-state index contributed by atoms with van der Waals surface area (Å²) >= 11 is 0. The fourth-order valence-electron chi connectivity index (χ4n) is 2.45. The third-order valence-corrected chi connectivity index (χ3v) is 3.79. The lowest BCUT2D eigenvalue weighted by Crippen LogP contribution is -2.35. The molecule has 1 aliphatic rings. The van der Waals surface area contributed by atoms with Gasteiger partial charge in [0.25, 0.3) is 0 Å². The molecule has 0 fully saturated rings. The summed E-state index contributed by atoms with van der Waals surface area (Å²) < 4.78 is 0. The quantitative estimate of drug-likeness (QED) is 0.722. The molecule has 0 bridgehead atoms. The Morgan fingerprint density at radius 2 is 2.24 bits per heavy atom. The number of aliphatic hydroxyl groups excluding tert-OH is 1. The van der Waals surface area contributed by atoms with Crippen LogP contribution in [0.25, 0.3) is 0 Å². The fraction of sp³-hybridized carbons (Fsp3) is 0.733. The molecule has 0 amide bonds. The van der Waals surface area contributed by atoms with Gasteiger partial charge in [-0.25, -0.2) is 0 Å². The van der Waals surface area contributed by atoms with Crippen molar-refractivity contribution in [2.45, 2.75) is 58.5 Å². The number of hydrogen-bond donors (Lipinski definition) is 2. The zero-order valence-electron chi connectivity index (χ0n) is 11.4. The van der Waals surface area contributed by atoms with E-state index in [0.29, 0.717) is 5.92 Å². The van der Waals surface area contributed by atoms with Crippen LogP contribution >= 0.6 is 0 Å². The van der Waals surface area contributed by atoms with E-state index in [4.69, 9.17) is 5.11 Å². The lowest BCUT2D eigenvalue weighted by Gasteiger charge is -2.35. The van der Waals surface area contributed by atoms with E-state index in [1.165, 1.54) is 5.57 Å². The van der Waals surface area contributed by atoms with Crippen molar-refractivity contribution < 1.29 is 10.2 Å². The second kappa shape index (κ2) is 6.36. The van der Waals surface area contributed by atoms with Gasteiger partial charge in [0.05, 0.1) is 12.2 Å². The minimum atomic E-state index is -0.580. The summed E-state index contributed by atoms with van der Waals surface area (Å²) in [5.74, 6) is 0.336. The van der Waals surface area contributed by atoms with E-state index < -0.39 is 5.60 Å². The average molecular weight is 238 g/mol. The molecule has 0 aromatic rings. The zero-order valence-corrected chi connectivity index (χ0v) is 11.4. The van der Waals surface area contributed by atoms with E-state index >= 15 is 0 Å². The first-order valence-electron chi connectivity index (χ1n) is 6.60. The van der Waals surface area contributed by atoms with Crippen molar-refractivity contribution in [3.8, 4) is 0 Å². The fourth-order valence-corrected chi connectivity index (χ4v) is 2.45. The van der Waals surface area contributed by atoms with Crippen LogP contribution in [0.1, 0.15) is 52.9 Å². The zero-order chi connectivity index (χ0) is 12.9. The highest BCUT2D eigenvalue weighted by molar-refractivity contribution is 5.08. The second-order valence-corrected chi connectivity index (χ2v) is 5.67. The standard InChI is InChI=1S/C15H26O2/c1-12(2)5-4-10-15(3,17)14-8-6-13(11-16)7-9-14/h5-6,14,16-17H,4,7-11H2,1-3H3/t14-,15?/m0/s1. The van der Waals surface area contributed by atoms with E-state index in [0.717, 1.165) is 37.7 Å². The first-order valence-corrected chi connectivity index (χ1v) is 6.60. The Morgan fingerprint density at radius 1 is 1.53 bits per heavy atom. The Kier molecular flexibility index (Phi) is 5.41. The minimum Gasteiger partial charge on any atom is -0.392 e. The molecule has 2 heteroatoms. The molecule has 2 atom stereocenters. The van der Waals surface area contributed by atoms with Gasteiger partial charge in [-0.1, -0.05) is 17.7 Å². The van der Waals surface area contributed by atoms with Crippen molar-refractivity contribution in [3.05, 3.63) is 23.3 Å². The highest BCUT2D eigenvalue weighted by atomic mass is 16.3. The summed E-state index contributed by atoms with van der Waals surface area (Å²) in [5, 5.41) is 19.5. The molecular formula is C15H26O2. The summed E-state index contributed by atoms with van der Waals surface area (Å²) in [7, 11) is 0. The van der Waals surface area contributed by atoms with Gasteiger partial charge in [0.2, 0.25) is 0 Å². The lowest BCUT2D eigenvalue weighted by atomic mass is 9.76. The van der Waals surface area contributed by atoms with Crippen molar-refractivity contribution in [2.75, 3.05) is 6.61 Å². The van der Waals surface area contributed by atoms with Gasteiger partial charge in [0.1, 0.15) is 0 Å². The monoisotopic (exact) mass is 238 g/mol. The Hall–Kier alpha value is -0.600. The minimum absolute atomic E-state index is 0.173. The Bertz CT molecular complexity index is 296. The average Bonchev–Trinajstić information content (AvgIpc) is 2.28. The lowest BCUT2D eigenvalue weighted by molar-refractivity contribution is -0.0126. The normalized spacial score (nSPS) is 23.8. The van der Waals surface area contributed by atoms with Crippen LogP contribution in [0.5, 0.6) is 0 Å². The molecular weight excluding hydrogens is 212 g/mol. The maximum absolute atomic E-state index is 10.5. The molecule has 0 aromatic heterocycles. The molecule has 0 saturated heterocycles. The number of hydrogen-bond acceptors (Lipinski definition) is 2. The molecule has 1 rings (SSSR count). The highest BCUT2D eigenvalue weighted by Gasteiger charge is 2.31. The molecule has 0 spiro atoms. The predicted molar refractivity (Wildman–Crippen MR) is 71.8 cm³/mol. The highest BCUT2D eigenvalue weighted by Crippen LogP contribution is 2.34. The van der Waals surface area contributed by atoms with Crippen LogP contribution in [0.15, 0.2) is 23.3 Å². The van der Waals surface area contributed by atoms with E-state index in [-0.39, 0.29) is 6.61 Å². The third-order valence-electron chi connectivity index (χ3n) is 3.79. The molecule has 0 aliphatic heterocycles. The second-order valence-electron chi connectivity index (χ2n) is 5.67. The molecule has 1 aliphatic carbocycles. The topological polar surface area (TPSA) is 40.5 Å². The molecule has 0 saturated carbocycles. The molecule has 98 valence electrons. The van der Waals surface area contributed by atoms with Crippen LogP contribution in [-0.4, -0.2) is 22.4 Å². The van der Waals surface area contributed by atoms with E-state index in [1.54, 1.807) is 0 Å². The van der Waals surface area contributed by atoms with Crippen LogP contribution in [0.2, 0.25) is 0 Å². The largest absolute Gasteiger partial charge is 0.392 e. The van der Waals surface area contributed by atoms with Gasteiger partial charge in [0, 0.05) is 0 Å². The van der Waals surface area contributed by atoms with Crippen molar-refractivity contribution in [1.82, 2.24) is 0 Å². The van der Waals surface area contributed by atoms with Gasteiger partial charge in [-0.2, -0.15) is 0 Å². The first kappa shape index (κ1) is 14.5. The molecule has 17 heavy (non-hydrogen) atoms. The predicted octanol–water partition coefficient (Wildman–Crippen LogP) is 3.20. The van der Waals surface area contributed by atoms with Gasteiger partial charge in [0.15, 0.2) is 0 Å². The molecule has 0 radical (unpaired) electrons. The molecule has 1 unspecified atom stereocenters. The summed E-state index contributed by atoms with van der Waals surface area (Å²) in [5.41, 5.74) is 1.86. The molecule has 2 nitrogen and oxygen atoms in total. The van der Waals surface area contributed by atoms with Crippen molar-refractivity contribution in [3.63, 3.8) is 0 Å². The number of allylic oxidation sites excluding steroid dienone is 3. The smallest absolute Gasteiger partial charge is 0.0653 e. The van der Waals surface area contributed by atoms with Gasteiger partial charge >= 0.3 is 0 Å². The van der Waals surface area contributed by atoms with Gasteiger partial charge in [-0.3, -0.25) is 0 Å². The van der Waals surface area contributed by atoms with Crippen molar-refractivity contribution in [1.29, 1.82) is 0 Å². The Morgan fingerprint density at radius 3 is 2.71 bits per heavy atom. The number of aliphatic hydroxyl groups is 2.